The summed E-state index contributed by atoms with van der Waals surface area (Å²) in [6.07, 6.45) is 10.9. The van der Waals surface area contributed by atoms with Crippen molar-refractivity contribution in [3.63, 3.8) is 0 Å². The minimum Gasteiger partial charge on any atom is -0.423 e. The van der Waals surface area contributed by atoms with Gasteiger partial charge in [0.15, 0.2) is 0 Å². The summed E-state index contributed by atoms with van der Waals surface area (Å²) in [5.41, 5.74) is 5.09. The molecule has 0 amide bonds. The molecule has 0 aliphatic carbocycles. The van der Waals surface area contributed by atoms with Crippen LogP contribution in [0.15, 0.2) is 115 Å². The molecule has 0 N–H and O–H groups in total. The Morgan fingerprint density at radius 1 is 0.558 bits per heavy atom. The van der Waals surface area contributed by atoms with Crippen molar-refractivity contribution in [3.8, 4) is 11.5 Å². The second-order valence-electron chi connectivity index (χ2n) is 9.86. The van der Waals surface area contributed by atoms with Gasteiger partial charge in [0.25, 0.3) is 0 Å². The summed E-state index contributed by atoms with van der Waals surface area (Å²) in [5, 5.41) is 0. The van der Waals surface area contributed by atoms with Crippen LogP contribution < -0.4 is 9.47 Å². The molecular formula is C38H31FO4. The highest BCUT2D eigenvalue weighted by atomic mass is 19.1. The fourth-order valence-corrected chi connectivity index (χ4v) is 3.85. The van der Waals surface area contributed by atoms with Crippen LogP contribution in [0.3, 0.4) is 0 Å². The van der Waals surface area contributed by atoms with Crippen LogP contribution in [0.2, 0.25) is 0 Å². The Labute approximate surface area is 251 Å². The third kappa shape index (κ3) is 8.72. The Morgan fingerprint density at radius 2 is 0.953 bits per heavy atom. The molecule has 0 unspecified atom stereocenters. The van der Waals surface area contributed by atoms with Gasteiger partial charge in [-0.3, -0.25) is 0 Å². The van der Waals surface area contributed by atoms with E-state index in [1.54, 1.807) is 62.4 Å². The zero-order valence-corrected chi connectivity index (χ0v) is 24.0. The van der Waals surface area contributed by atoms with Crippen LogP contribution in [-0.4, -0.2) is 11.9 Å². The largest absolute Gasteiger partial charge is 0.423 e. The van der Waals surface area contributed by atoms with Gasteiger partial charge in [-0.1, -0.05) is 122 Å². The van der Waals surface area contributed by atoms with Crippen LogP contribution in [0.25, 0.3) is 36.5 Å². The number of ether oxygens (including phenoxy) is 2. The number of carbonyl (C=O) groups excluding carboxylic acids is 2. The maximum Gasteiger partial charge on any atom is 0.338 e. The second kappa shape index (κ2) is 14.4. The lowest BCUT2D eigenvalue weighted by molar-refractivity contribution is -0.130. The van der Waals surface area contributed by atoms with Crippen molar-refractivity contribution in [2.24, 2.45) is 0 Å². The fraction of sp³-hybridized carbons (Fsp3) is 0.0526. The number of hydrogen-bond acceptors (Lipinski definition) is 4. The SMILES string of the molecule is C=C(C)C(=O)Oc1ccccc1C=Cc1ccc(C=Cc2ccc(C=Cc3ccccc3OC(=O)C(=C)C)cc2F)cc1. The molecule has 0 fully saturated rings. The topological polar surface area (TPSA) is 52.6 Å². The van der Waals surface area contributed by atoms with E-state index in [-0.39, 0.29) is 5.82 Å². The Hall–Kier alpha value is -5.55. The first kappa shape index (κ1) is 30.4. The number of halogens is 1. The van der Waals surface area contributed by atoms with Gasteiger partial charge >= 0.3 is 11.9 Å². The van der Waals surface area contributed by atoms with Gasteiger partial charge in [-0.15, -0.1) is 0 Å². The van der Waals surface area contributed by atoms with Crippen molar-refractivity contribution in [3.05, 3.63) is 154 Å². The van der Waals surface area contributed by atoms with Gasteiger partial charge in [-0.05, 0) is 48.7 Å². The zero-order chi connectivity index (χ0) is 30.8. The highest BCUT2D eigenvalue weighted by Crippen LogP contribution is 2.24. The van der Waals surface area contributed by atoms with Crippen molar-refractivity contribution < 1.29 is 23.5 Å². The van der Waals surface area contributed by atoms with Gasteiger partial charge in [0.1, 0.15) is 17.3 Å². The van der Waals surface area contributed by atoms with Gasteiger partial charge in [-0.25, -0.2) is 14.0 Å². The number of para-hydroxylation sites is 2. The Kier molecular flexibility index (Phi) is 10.2. The molecule has 0 aliphatic rings. The van der Waals surface area contributed by atoms with Gasteiger partial charge < -0.3 is 9.47 Å². The average Bonchev–Trinajstić information content (AvgIpc) is 3.00. The monoisotopic (exact) mass is 570 g/mol. The lowest BCUT2D eigenvalue weighted by Crippen LogP contribution is -2.08. The first-order valence-corrected chi connectivity index (χ1v) is 13.6. The van der Waals surface area contributed by atoms with Crippen LogP contribution in [0, 0.1) is 5.82 Å². The smallest absolute Gasteiger partial charge is 0.338 e. The first-order chi connectivity index (χ1) is 20.7. The third-order valence-corrected chi connectivity index (χ3v) is 6.27. The molecule has 0 aliphatic heterocycles. The summed E-state index contributed by atoms with van der Waals surface area (Å²) in [5.74, 6) is -0.459. The molecule has 4 aromatic carbocycles. The summed E-state index contributed by atoms with van der Waals surface area (Å²) >= 11 is 0. The fourth-order valence-electron chi connectivity index (χ4n) is 3.85. The van der Waals surface area contributed by atoms with Crippen molar-refractivity contribution >= 4 is 48.4 Å². The molecular weight excluding hydrogens is 539 g/mol. The predicted octanol–water partition coefficient (Wildman–Crippen LogP) is 9.30. The Morgan fingerprint density at radius 3 is 1.40 bits per heavy atom. The van der Waals surface area contributed by atoms with Crippen LogP contribution in [0.1, 0.15) is 47.2 Å². The molecule has 214 valence electrons. The average molecular weight is 571 g/mol. The molecule has 0 atom stereocenters. The maximum absolute atomic E-state index is 14.9. The van der Waals surface area contributed by atoms with Gasteiger partial charge in [0.05, 0.1) is 0 Å². The molecule has 0 spiro atoms. The number of esters is 2. The zero-order valence-electron chi connectivity index (χ0n) is 24.0. The van der Waals surface area contributed by atoms with E-state index in [4.69, 9.17) is 9.47 Å². The van der Waals surface area contributed by atoms with Crippen LogP contribution >= 0.6 is 0 Å². The van der Waals surface area contributed by atoms with Crippen molar-refractivity contribution in [2.75, 3.05) is 0 Å². The molecule has 0 bridgehead atoms. The molecule has 43 heavy (non-hydrogen) atoms. The van der Waals surface area contributed by atoms with Crippen LogP contribution in [0.5, 0.6) is 11.5 Å². The number of rotatable bonds is 10. The summed E-state index contributed by atoms with van der Waals surface area (Å²) in [7, 11) is 0. The summed E-state index contributed by atoms with van der Waals surface area (Å²) in [6, 6.07) is 27.2. The van der Waals surface area contributed by atoms with E-state index in [0.717, 1.165) is 16.7 Å². The first-order valence-electron chi connectivity index (χ1n) is 13.6. The number of hydrogen-bond donors (Lipinski definition) is 0. The lowest BCUT2D eigenvalue weighted by Gasteiger charge is -2.07. The Bertz CT molecular complexity index is 1760. The van der Waals surface area contributed by atoms with Crippen molar-refractivity contribution in [2.45, 2.75) is 13.8 Å². The molecule has 0 saturated heterocycles. The minimum atomic E-state index is -0.501. The third-order valence-electron chi connectivity index (χ3n) is 6.27. The standard InChI is InChI=1S/C38H31FO4/c1-26(2)37(40)42-35-11-7-5-9-32(35)23-18-29-15-13-28(14-16-29)17-21-31-22-19-30(25-34(31)39)20-24-33-10-6-8-12-36(33)43-38(41)27(3)4/h5-25H,1,3H2,2,4H3. The summed E-state index contributed by atoms with van der Waals surface area (Å²) < 4.78 is 25.7. The molecule has 0 radical (unpaired) electrons. The molecule has 4 nitrogen and oxygen atoms in total. The van der Waals surface area contributed by atoms with Crippen molar-refractivity contribution in [1.29, 1.82) is 0 Å². The van der Waals surface area contributed by atoms with Gasteiger partial charge in [0, 0.05) is 27.8 Å². The highest BCUT2D eigenvalue weighted by molar-refractivity contribution is 5.90. The normalized spacial score (nSPS) is 11.2. The molecule has 0 heterocycles. The lowest BCUT2D eigenvalue weighted by atomic mass is 10.1. The van der Waals surface area contributed by atoms with Crippen molar-refractivity contribution in [1.82, 2.24) is 0 Å². The minimum absolute atomic E-state index is 0.305. The number of benzene rings is 4. The van der Waals surface area contributed by atoms with E-state index in [2.05, 4.69) is 13.2 Å². The second-order valence-corrected chi connectivity index (χ2v) is 9.86. The molecule has 4 aromatic rings. The molecule has 0 saturated carbocycles. The number of carbonyl (C=O) groups is 2. The van der Waals surface area contributed by atoms with Crippen LogP contribution in [0.4, 0.5) is 4.39 Å². The molecule has 5 heteroatoms. The van der Waals surface area contributed by atoms with E-state index >= 15 is 0 Å². The Balaban J connectivity index is 1.41. The summed E-state index contributed by atoms with van der Waals surface area (Å²) in [6.45, 7) is 10.4. The van der Waals surface area contributed by atoms with Gasteiger partial charge in [0.2, 0.25) is 0 Å². The van der Waals surface area contributed by atoms with E-state index in [1.165, 1.54) is 6.07 Å². The maximum atomic E-state index is 14.9. The van der Waals surface area contributed by atoms with E-state index in [9.17, 15) is 14.0 Å². The molecule has 4 rings (SSSR count). The van der Waals surface area contributed by atoms with E-state index < -0.39 is 11.9 Å². The highest BCUT2D eigenvalue weighted by Gasteiger charge is 2.09. The summed E-state index contributed by atoms with van der Waals surface area (Å²) in [4.78, 5) is 23.8. The van der Waals surface area contributed by atoms with E-state index in [1.807, 2.05) is 72.8 Å². The van der Waals surface area contributed by atoms with Gasteiger partial charge in [-0.2, -0.15) is 0 Å². The predicted molar refractivity (Wildman–Crippen MR) is 173 cm³/mol. The van der Waals surface area contributed by atoms with E-state index in [0.29, 0.717) is 39.3 Å². The van der Waals surface area contributed by atoms with Crippen LogP contribution in [-0.2, 0) is 9.59 Å². The molecule has 0 aromatic heterocycles. The quantitative estimate of drug-likeness (QED) is 0.0825.